The number of para-hydroxylation sites is 1. The summed E-state index contributed by atoms with van der Waals surface area (Å²) >= 11 is 13.5. The van der Waals surface area contributed by atoms with Crippen LogP contribution in [-0.4, -0.2) is 47.9 Å². The second-order valence-electron chi connectivity index (χ2n) is 7.42. The van der Waals surface area contributed by atoms with Crippen molar-refractivity contribution in [1.82, 2.24) is 9.88 Å². The normalized spacial score (nSPS) is 13.8. The third-order valence-corrected chi connectivity index (χ3v) is 6.68. The highest BCUT2D eigenvalue weighted by molar-refractivity contribution is 7.14. The number of hydrogen-bond donors (Lipinski definition) is 1. The van der Waals surface area contributed by atoms with Crippen LogP contribution in [0.1, 0.15) is 22.5 Å². The first-order chi connectivity index (χ1) is 15.5. The molecule has 1 aliphatic rings. The molecule has 2 amide bonds. The topological polar surface area (TPSA) is 65.5 Å². The summed E-state index contributed by atoms with van der Waals surface area (Å²) in [5.74, 6) is -0.126. The van der Waals surface area contributed by atoms with E-state index in [9.17, 15) is 9.59 Å². The van der Waals surface area contributed by atoms with Crippen molar-refractivity contribution in [3.05, 3.63) is 75.2 Å². The first-order valence-corrected chi connectivity index (χ1v) is 11.9. The van der Waals surface area contributed by atoms with Gasteiger partial charge in [-0.3, -0.25) is 14.9 Å². The van der Waals surface area contributed by atoms with Crippen molar-refractivity contribution in [2.24, 2.45) is 0 Å². The molecular weight excluding hydrogens is 467 g/mol. The van der Waals surface area contributed by atoms with Crippen molar-refractivity contribution < 1.29 is 9.59 Å². The largest absolute Gasteiger partial charge is 0.367 e. The minimum absolute atomic E-state index is 0.114. The van der Waals surface area contributed by atoms with Crippen molar-refractivity contribution in [1.29, 1.82) is 0 Å². The van der Waals surface area contributed by atoms with Crippen molar-refractivity contribution in [2.45, 2.75) is 12.8 Å². The standard InChI is InChI=1S/C23H22Cl2N4O2S/c24-17-7-5-16(6-8-17)22(31)27-23-26-18(15-32-23)9-10-21(30)29-13-11-28(12-14-29)20-4-2-1-3-19(20)25/h1-8,15H,9-14H2,(H,26,27,31). The van der Waals surface area contributed by atoms with Gasteiger partial charge in [0, 0.05) is 48.6 Å². The summed E-state index contributed by atoms with van der Waals surface area (Å²) in [6.45, 7) is 2.85. The van der Waals surface area contributed by atoms with Gasteiger partial charge in [0.2, 0.25) is 5.91 Å². The maximum atomic E-state index is 12.7. The minimum Gasteiger partial charge on any atom is -0.367 e. The molecule has 3 aromatic rings. The van der Waals surface area contributed by atoms with E-state index in [0.717, 1.165) is 29.5 Å². The average Bonchev–Trinajstić information content (AvgIpc) is 3.25. The number of amides is 2. The van der Waals surface area contributed by atoms with Crippen molar-refractivity contribution >= 4 is 57.2 Å². The van der Waals surface area contributed by atoms with E-state index in [-0.39, 0.29) is 11.8 Å². The number of halogens is 2. The van der Waals surface area contributed by atoms with Gasteiger partial charge in [-0.1, -0.05) is 35.3 Å². The lowest BCUT2D eigenvalue weighted by atomic mass is 10.2. The van der Waals surface area contributed by atoms with E-state index in [1.54, 1.807) is 24.3 Å². The Balaban J connectivity index is 1.24. The van der Waals surface area contributed by atoms with E-state index in [2.05, 4.69) is 15.2 Å². The van der Waals surface area contributed by atoms with Crippen LogP contribution in [0, 0.1) is 0 Å². The number of aryl methyl sites for hydroxylation is 1. The van der Waals surface area contributed by atoms with Gasteiger partial charge in [-0.05, 0) is 42.8 Å². The van der Waals surface area contributed by atoms with Gasteiger partial charge < -0.3 is 9.80 Å². The van der Waals surface area contributed by atoms with Gasteiger partial charge in [0.15, 0.2) is 5.13 Å². The number of anilines is 2. The number of rotatable bonds is 6. The van der Waals surface area contributed by atoms with E-state index in [1.807, 2.05) is 34.5 Å². The predicted molar refractivity (Wildman–Crippen MR) is 130 cm³/mol. The molecular formula is C23H22Cl2N4O2S. The van der Waals surface area contributed by atoms with Crippen LogP contribution in [0.15, 0.2) is 53.9 Å². The highest BCUT2D eigenvalue weighted by Crippen LogP contribution is 2.26. The zero-order valence-corrected chi connectivity index (χ0v) is 19.6. The zero-order chi connectivity index (χ0) is 22.5. The zero-order valence-electron chi connectivity index (χ0n) is 17.3. The highest BCUT2D eigenvalue weighted by Gasteiger charge is 2.22. The highest BCUT2D eigenvalue weighted by atomic mass is 35.5. The third-order valence-electron chi connectivity index (χ3n) is 5.30. The summed E-state index contributed by atoms with van der Waals surface area (Å²) in [6.07, 6.45) is 0.928. The lowest BCUT2D eigenvalue weighted by Crippen LogP contribution is -2.48. The van der Waals surface area contributed by atoms with Gasteiger partial charge >= 0.3 is 0 Å². The molecule has 0 aliphatic carbocycles. The molecule has 166 valence electrons. The van der Waals surface area contributed by atoms with Gasteiger partial charge in [-0.15, -0.1) is 11.3 Å². The third kappa shape index (κ3) is 5.59. The van der Waals surface area contributed by atoms with E-state index in [1.165, 1.54) is 11.3 Å². The molecule has 1 fully saturated rings. The molecule has 1 aromatic heterocycles. The molecule has 1 N–H and O–H groups in total. The Hall–Kier alpha value is -2.61. The predicted octanol–water partition coefficient (Wildman–Crippen LogP) is 4.98. The van der Waals surface area contributed by atoms with Gasteiger partial charge in [0.05, 0.1) is 16.4 Å². The number of carbonyl (C=O) groups is 2. The Morgan fingerprint density at radius 2 is 1.72 bits per heavy atom. The number of nitrogens with one attached hydrogen (secondary N) is 1. The molecule has 4 rings (SSSR count). The number of thiazole rings is 1. The van der Waals surface area contributed by atoms with Gasteiger partial charge in [-0.25, -0.2) is 4.98 Å². The van der Waals surface area contributed by atoms with Crippen LogP contribution in [-0.2, 0) is 11.2 Å². The molecule has 1 aliphatic heterocycles. The molecule has 0 atom stereocenters. The van der Waals surface area contributed by atoms with E-state index in [4.69, 9.17) is 23.2 Å². The smallest absolute Gasteiger partial charge is 0.257 e. The Labute approximate surface area is 200 Å². The summed E-state index contributed by atoms with van der Waals surface area (Å²) in [7, 11) is 0. The fourth-order valence-electron chi connectivity index (χ4n) is 3.55. The number of benzene rings is 2. The summed E-state index contributed by atoms with van der Waals surface area (Å²) in [4.78, 5) is 33.5. The SMILES string of the molecule is O=C(Nc1nc(CCC(=O)N2CCN(c3ccccc3Cl)CC2)cs1)c1ccc(Cl)cc1. The first kappa shape index (κ1) is 22.6. The van der Waals surface area contributed by atoms with E-state index in [0.29, 0.717) is 41.6 Å². The summed E-state index contributed by atoms with van der Waals surface area (Å²) in [6, 6.07) is 14.4. The quantitative estimate of drug-likeness (QED) is 0.530. The molecule has 2 aromatic carbocycles. The maximum absolute atomic E-state index is 12.7. The average molecular weight is 489 g/mol. The van der Waals surface area contributed by atoms with Crippen LogP contribution < -0.4 is 10.2 Å². The molecule has 32 heavy (non-hydrogen) atoms. The van der Waals surface area contributed by atoms with Crippen molar-refractivity contribution in [3.8, 4) is 0 Å². The second-order valence-corrected chi connectivity index (χ2v) is 9.13. The fraction of sp³-hybridized carbons (Fsp3) is 0.261. The molecule has 6 nitrogen and oxygen atoms in total. The van der Waals surface area contributed by atoms with E-state index >= 15 is 0 Å². The number of aromatic nitrogens is 1. The van der Waals surface area contributed by atoms with Gasteiger partial charge in [0.25, 0.3) is 5.91 Å². The van der Waals surface area contributed by atoms with Crippen LogP contribution in [0.2, 0.25) is 10.0 Å². The monoisotopic (exact) mass is 488 g/mol. The molecule has 0 spiro atoms. The lowest BCUT2D eigenvalue weighted by Gasteiger charge is -2.36. The Morgan fingerprint density at radius 1 is 1.00 bits per heavy atom. The number of piperazine rings is 1. The molecule has 0 saturated carbocycles. The number of carbonyl (C=O) groups excluding carboxylic acids is 2. The van der Waals surface area contributed by atoms with Crippen LogP contribution in [0.25, 0.3) is 0 Å². The summed E-state index contributed by atoms with van der Waals surface area (Å²) in [5, 5.41) is 6.49. The molecule has 0 radical (unpaired) electrons. The van der Waals surface area contributed by atoms with E-state index < -0.39 is 0 Å². The second kappa shape index (κ2) is 10.3. The van der Waals surface area contributed by atoms with Crippen LogP contribution in [0.3, 0.4) is 0 Å². The van der Waals surface area contributed by atoms with Crippen molar-refractivity contribution in [3.63, 3.8) is 0 Å². The fourth-order valence-corrected chi connectivity index (χ4v) is 4.67. The maximum Gasteiger partial charge on any atom is 0.257 e. The summed E-state index contributed by atoms with van der Waals surface area (Å²) in [5.41, 5.74) is 2.32. The number of nitrogens with zero attached hydrogens (tertiary/aromatic N) is 3. The number of hydrogen-bond acceptors (Lipinski definition) is 5. The Bertz CT molecular complexity index is 1100. The minimum atomic E-state index is -0.241. The molecule has 1 saturated heterocycles. The van der Waals surface area contributed by atoms with Crippen LogP contribution in [0.4, 0.5) is 10.8 Å². The Kier molecular flexibility index (Phi) is 7.29. The van der Waals surface area contributed by atoms with Gasteiger partial charge in [0.1, 0.15) is 0 Å². The molecule has 0 bridgehead atoms. The molecule has 2 heterocycles. The Morgan fingerprint density at radius 3 is 2.44 bits per heavy atom. The molecule has 0 unspecified atom stereocenters. The lowest BCUT2D eigenvalue weighted by molar-refractivity contribution is -0.131. The van der Waals surface area contributed by atoms with Gasteiger partial charge in [-0.2, -0.15) is 0 Å². The molecule has 9 heteroatoms. The van der Waals surface area contributed by atoms with Crippen LogP contribution in [0.5, 0.6) is 0 Å². The summed E-state index contributed by atoms with van der Waals surface area (Å²) < 4.78 is 0. The van der Waals surface area contributed by atoms with Crippen molar-refractivity contribution in [2.75, 3.05) is 36.4 Å². The van der Waals surface area contributed by atoms with Crippen LogP contribution >= 0.6 is 34.5 Å². The first-order valence-electron chi connectivity index (χ1n) is 10.3.